The summed E-state index contributed by atoms with van der Waals surface area (Å²) in [4.78, 5) is 1.08. The second-order valence-electron chi connectivity index (χ2n) is 6.29. The summed E-state index contributed by atoms with van der Waals surface area (Å²) in [6, 6.07) is 15.9. The fraction of sp³-hybridized carbons (Fsp3) is 0.200. The van der Waals surface area contributed by atoms with Crippen molar-refractivity contribution in [1.29, 1.82) is 0 Å². The molecule has 1 aromatic heterocycles. The van der Waals surface area contributed by atoms with Gasteiger partial charge in [-0.3, -0.25) is 0 Å². The van der Waals surface area contributed by atoms with E-state index in [1.807, 2.05) is 48.7 Å². The number of hydrogen-bond donors (Lipinski definition) is 1. The zero-order valence-electron chi connectivity index (χ0n) is 14.7. The molecule has 0 unspecified atom stereocenters. The Labute approximate surface area is 162 Å². The Bertz CT molecular complexity index is 1030. The standard InChI is InChI=1S/C20H19NO4S2/c1-14-4-6-15(7-5-14)20(19-3-2-12-26-19)21-27(22,23)16-8-9-17-18(13-16)25-11-10-24-17/h2-9,12-13,20-21H,10-11H2,1H3/t20-/m0/s1. The largest absolute Gasteiger partial charge is 0.486 e. The average Bonchev–Trinajstić information content (AvgIpc) is 3.21. The summed E-state index contributed by atoms with van der Waals surface area (Å²) in [6.07, 6.45) is 0. The van der Waals surface area contributed by atoms with Gasteiger partial charge in [0.25, 0.3) is 0 Å². The van der Waals surface area contributed by atoms with Gasteiger partial charge in [0.2, 0.25) is 10.0 Å². The monoisotopic (exact) mass is 401 g/mol. The van der Waals surface area contributed by atoms with Crippen molar-refractivity contribution < 1.29 is 17.9 Å². The number of rotatable bonds is 5. The van der Waals surface area contributed by atoms with Crippen LogP contribution in [-0.2, 0) is 10.0 Å². The predicted molar refractivity (Wildman–Crippen MR) is 105 cm³/mol. The van der Waals surface area contributed by atoms with E-state index in [0.29, 0.717) is 24.7 Å². The highest BCUT2D eigenvalue weighted by atomic mass is 32.2. The molecular formula is C20H19NO4S2. The number of aryl methyl sites for hydroxylation is 1. The predicted octanol–water partition coefficient (Wildman–Crippen LogP) is 3.90. The number of thiophene rings is 1. The Morgan fingerprint density at radius 1 is 1.00 bits per heavy atom. The first-order valence-corrected chi connectivity index (χ1v) is 10.9. The molecule has 0 fully saturated rings. The summed E-state index contributed by atoms with van der Waals surface area (Å²) in [5.41, 5.74) is 2.02. The molecular weight excluding hydrogens is 382 g/mol. The highest BCUT2D eigenvalue weighted by molar-refractivity contribution is 7.89. The molecule has 5 nitrogen and oxygen atoms in total. The molecule has 0 saturated carbocycles. The Balaban J connectivity index is 1.68. The summed E-state index contributed by atoms with van der Waals surface area (Å²) >= 11 is 1.52. The number of ether oxygens (including phenoxy) is 2. The second kappa shape index (κ2) is 7.34. The van der Waals surface area contributed by atoms with E-state index in [1.165, 1.54) is 23.5 Å². The van der Waals surface area contributed by atoms with Crippen LogP contribution in [0.4, 0.5) is 0 Å². The van der Waals surface area contributed by atoms with Gasteiger partial charge in [0.1, 0.15) is 13.2 Å². The van der Waals surface area contributed by atoms with Crippen LogP contribution in [-0.4, -0.2) is 21.6 Å². The number of hydrogen-bond acceptors (Lipinski definition) is 5. The van der Waals surface area contributed by atoms with Crippen LogP contribution in [0.15, 0.2) is 64.9 Å². The third-order valence-electron chi connectivity index (χ3n) is 4.34. The molecule has 1 aliphatic heterocycles. The van der Waals surface area contributed by atoms with Crippen molar-refractivity contribution in [3.63, 3.8) is 0 Å². The van der Waals surface area contributed by atoms with Gasteiger partial charge >= 0.3 is 0 Å². The fourth-order valence-electron chi connectivity index (χ4n) is 2.92. The molecule has 140 valence electrons. The first-order valence-electron chi connectivity index (χ1n) is 8.55. The van der Waals surface area contributed by atoms with Crippen LogP contribution in [0.5, 0.6) is 11.5 Å². The molecule has 0 saturated heterocycles. The highest BCUT2D eigenvalue weighted by Gasteiger charge is 2.25. The lowest BCUT2D eigenvalue weighted by Gasteiger charge is -2.21. The molecule has 2 heterocycles. The normalized spacial score (nSPS) is 14.7. The highest BCUT2D eigenvalue weighted by Crippen LogP contribution is 2.33. The van der Waals surface area contributed by atoms with Gasteiger partial charge in [0.15, 0.2) is 11.5 Å². The number of fused-ring (bicyclic) bond motifs is 1. The maximum Gasteiger partial charge on any atom is 0.241 e. The van der Waals surface area contributed by atoms with Gasteiger partial charge in [-0.15, -0.1) is 11.3 Å². The molecule has 0 radical (unpaired) electrons. The molecule has 4 rings (SSSR count). The van der Waals surface area contributed by atoms with Crippen LogP contribution < -0.4 is 14.2 Å². The molecule has 0 aliphatic carbocycles. The van der Waals surface area contributed by atoms with Crippen LogP contribution in [0.25, 0.3) is 0 Å². The lowest BCUT2D eigenvalue weighted by atomic mass is 10.0. The van der Waals surface area contributed by atoms with E-state index in [1.54, 1.807) is 6.07 Å². The van der Waals surface area contributed by atoms with E-state index in [0.717, 1.165) is 16.0 Å². The Hall–Kier alpha value is -2.35. The molecule has 0 bridgehead atoms. The SMILES string of the molecule is Cc1ccc([C@H](NS(=O)(=O)c2ccc3c(c2)OCCO3)c2cccs2)cc1. The van der Waals surface area contributed by atoms with E-state index in [4.69, 9.17) is 9.47 Å². The minimum atomic E-state index is -3.76. The van der Waals surface area contributed by atoms with Crippen molar-refractivity contribution in [2.24, 2.45) is 0 Å². The van der Waals surface area contributed by atoms with E-state index in [9.17, 15) is 8.42 Å². The third-order valence-corrected chi connectivity index (χ3v) is 6.69. The van der Waals surface area contributed by atoms with Crippen molar-refractivity contribution in [3.05, 3.63) is 76.0 Å². The van der Waals surface area contributed by atoms with Crippen LogP contribution >= 0.6 is 11.3 Å². The minimum absolute atomic E-state index is 0.153. The van der Waals surface area contributed by atoms with Gasteiger partial charge in [-0.2, -0.15) is 4.72 Å². The molecule has 1 aliphatic rings. The van der Waals surface area contributed by atoms with Crippen LogP contribution in [0.1, 0.15) is 22.0 Å². The van der Waals surface area contributed by atoms with Crippen molar-refractivity contribution in [3.8, 4) is 11.5 Å². The molecule has 27 heavy (non-hydrogen) atoms. The van der Waals surface area contributed by atoms with Crippen LogP contribution in [0, 0.1) is 6.92 Å². The van der Waals surface area contributed by atoms with Crippen molar-refractivity contribution in [1.82, 2.24) is 4.72 Å². The number of nitrogens with one attached hydrogen (secondary N) is 1. The maximum absolute atomic E-state index is 13.1. The topological polar surface area (TPSA) is 64.6 Å². The first-order chi connectivity index (χ1) is 13.0. The van der Waals surface area contributed by atoms with Gasteiger partial charge in [0.05, 0.1) is 10.9 Å². The third kappa shape index (κ3) is 3.85. The summed E-state index contributed by atoms with van der Waals surface area (Å²) in [5.74, 6) is 1.01. The fourth-order valence-corrected chi connectivity index (χ4v) is 5.01. The van der Waals surface area contributed by atoms with E-state index in [2.05, 4.69) is 4.72 Å². The summed E-state index contributed by atoms with van der Waals surface area (Å²) < 4.78 is 40.0. The van der Waals surface area contributed by atoms with Crippen LogP contribution in [0.3, 0.4) is 0 Å². The molecule has 1 atom stereocenters. The molecule has 3 aromatic rings. The zero-order valence-corrected chi connectivity index (χ0v) is 16.3. The molecule has 1 N–H and O–H groups in total. The summed E-state index contributed by atoms with van der Waals surface area (Å²) in [7, 11) is -3.76. The Morgan fingerprint density at radius 2 is 1.74 bits per heavy atom. The number of benzene rings is 2. The second-order valence-corrected chi connectivity index (χ2v) is 8.98. The van der Waals surface area contributed by atoms with Crippen molar-refractivity contribution in [2.75, 3.05) is 13.2 Å². The molecule has 7 heteroatoms. The number of sulfonamides is 1. The Morgan fingerprint density at radius 3 is 2.44 bits per heavy atom. The molecule has 0 spiro atoms. The van der Waals surface area contributed by atoms with Gasteiger partial charge in [-0.1, -0.05) is 35.9 Å². The van der Waals surface area contributed by atoms with E-state index in [-0.39, 0.29) is 4.90 Å². The quantitative estimate of drug-likeness (QED) is 0.704. The van der Waals surface area contributed by atoms with Gasteiger partial charge in [-0.05, 0) is 36.1 Å². The van der Waals surface area contributed by atoms with Gasteiger partial charge in [-0.25, -0.2) is 8.42 Å². The smallest absolute Gasteiger partial charge is 0.241 e. The van der Waals surface area contributed by atoms with Crippen LogP contribution in [0.2, 0.25) is 0 Å². The van der Waals surface area contributed by atoms with Crippen molar-refractivity contribution >= 4 is 21.4 Å². The summed E-state index contributed by atoms with van der Waals surface area (Å²) in [5, 5.41) is 1.94. The first kappa shape index (κ1) is 18.0. The van der Waals surface area contributed by atoms with Gasteiger partial charge in [0, 0.05) is 10.9 Å². The summed E-state index contributed by atoms with van der Waals surface area (Å²) in [6.45, 7) is 2.87. The minimum Gasteiger partial charge on any atom is -0.486 e. The Kier molecular flexibility index (Phi) is 4.90. The average molecular weight is 402 g/mol. The lowest BCUT2D eigenvalue weighted by Crippen LogP contribution is -2.29. The van der Waals surface area contributed by atoms with Gasteiger partial charge < -0.3 is 9.47 Å². The van der Waals surface area contributed by atoms with E-state index >= 15 is 0 Å². The molecule has 0 amide bonds. The zero-order chi connectivity index (χ0) is 18.9. The lowest BCUT2D eigenvalue weighted by molar-refractivity contribution is 0.171. The van der Waals surface area contributed by atoms with E-state index < -0.39 is 16.1 Å². The van der Waals surface area contributed by atoms with Crippen molar-refractivity contribution in [2.45, 2.75) is 17.9 Å². The molecule has 2 aromatic carbocycles. The maximum atomic E-state index is 13.1.